The first kappa shape index (κ1) is 19.6. The van der Waals surface area contributed by atoms with Crippen LogP contribution < -0.4 is 10.1 Å². The monoisotopic (exact) mass is 404 g/mol. The maximum atomic E-state index is 13.0. The number of hydrogen-bond donors (Lipinski definition) is 1. The van der Waals surface area contributed by atoms with Crippen molar-refractivity contribution in [2.45, 2.75) is 25.2 Å². The van der Waals surface area contributed by atoms with Gasteiger partial charge in [0, 0.05) is 25.1 Å². The lowest BCUT2D eigenvalue weighted by Crippen LogP contribution is -2.26. The topological polar surface area (TPSA) is 42.3 Å². The van der Waals surface area contributed by atoms with Crippen LogP contribution >= 0.6 is 0 Å². The van der Waals surface area contributed by atoms with Crippen molar-refractivity contribution in [3.8, 4) is 5.75 Å². The highest BCUT2D eigenvalue weighted by Gasteiger charge is 2.31. The molecule has 0 spiro atoms. The van der Waals surface area contributed by atoms with Gasteiger partial charge in [0.05, 0.1) is 35.4 Å². The fourth-order valence-corrected chi connectivity index (χ4v) is 3.84. The number of anilines is 1. The minimum Gasteiger partial charge on any atom is -0.491 e. The minimum absolute atomic E-state index is 0.289. The predicted octanol–water partition coefficient (Wildman–Crippen LogP) is 4.59. The molecule has 1 aromatic heterocycles. The standard InChI is InChI=1S/C21H23F3N4O/c1-27(2)17-9-10-29-20-14(17)5-4-6-15(20)25-12-19-26-16-11-13(21(22,23)24)7-8-18(16)28(19)3/h4-8,11,17,25H,9-10,12H2,1-3H3. The van der Waals surface area contributed by atoms with Gasteiger partial charge in [0.15, 0.2) is 0 Å². The van der Waals surface area contributed by atoms with Gasteiger partial charge in [-0.2, -0.15) is 13.2 Å². The van der Waals surface area contributed by atoms with Gasteiger partial charge in [0.2, 0.25) is 0 Å². The second kappa shape index (κ2) is 7.26. The van der Waals surface area contributed by atoms with Crippen LogP contribution in [0.2, 0.25) is 0 Å². The average Bonchev–Trinajstić information content (AvgIpc) is 3.00. The van der Waals surface area contributed by atoms with Crippen molar-refractivity contribution in [1.29, 1.82) is 0 Å². The molecule has 1 unspecified atom stereocenters. The molecular formula is C21H23F3N4O. The van der Waals surface area contributed by atoms with Crippen molar-refractivity contribution in [2.75, 3.05) is 26.0 Å². The van der Waals surface area contributed by atoms with Crippen LogP contribution in [-0.4, -0.2) is 35.2 Å². The van der Waals surface area contributed by atoms with Crippen molar-refractivity contribution >= 4 is 16.7 Å². The largest absolute Gasteiger partial charge is 0.491 e. The number of rotatable bonds is 4. The van der Waals surface area contributed by atoms with Gasteiger partial charge in [-0.3, -0.25) is 0 Å². The Morgan fingerprint density at radius 2 is 2.03 bits per heavy atom. The van der Waals surface area contributed by atoms with E-state index >= 15 is 0 Å². The van der Waals surface area contributed by atoms with Gasteiger partial charge >= 0.3 is 6.18 Å². The quantitative estimate of drug-likeness (QED) is 0.691. The Bertz CT molecular complexity index is 1040. The van der Waals surface area contributed by atoms with Crippen LogP contribution in [0.25, 0.3) is 11.0 Å². The Morgan fingerprint density at radius 3 is 2.76 bits per heavy atom. The van der Waals surface area contributed by atoms with Gasteiger partial charge in [0.1, 0.15) is 11.6 Å². The Kier molecular flexibility index (Phi) is 4.90. The predicted molar refractivity (Wildman–Crippen MR) is 106 cm³/mol. The van der Waals surface area contributed by atoms with Crippen LogP contribution in [0.1, 0.15) is 29.4 Å². The summed E-state index contributed by atoms with van der Waals surface area (Å²) in [6, 6.07) is 9.93. The van der Waals surface area contributed by atoms with Gasteiger partial charge in [-0.05, 0) is 38.4 Å². The van der Waals surface area contributed by atoms with E-state index in [0.717, 1.165) is 35.6 Å². The summed E-state index contributed by atoms with van der Waals surface area (Å²) >= 11 is 0. The van der Waals surface area contributed by atoms with E-state index < -0.39 is 11.7 Å². The molecule has 1 atom stereocenters. The second-order valence-electron chi connectivity index (χ2n) is 7.48. The van der Waals surface area contributed by atoms with Crippen molar-refractivity contribution in [3.05, 3.63) is 53.3 Å². The van der Waals surface area contributed by atoms with E-state index in [1.165, 1.54) is 6.07 Å². The molecule has 1 aliphatic heterocycles. The molecule has 0 saturated heterocycles. The van der Waals surface area contributed by atoms with E-state index in [9.17, 15) is 13.2 Å². The zero-order valence-corrected chi connectivity index (χ0v) is 16.5. The number of hydrogen-bond acceptors (Lipinski definition) is 4. The van der Waals surface area contributed by atoms with E-state index in [2.05, 4.69) is 35.4 Å². The molecule has 1 aliphatic rings. The molecule has 0 bridgehead atoms. The lowest BCUT2D eigenvalue weighted by Gasteiger charge is -2.32. The molecule has 0 aliphatic carbocycles. The summed E-state index contributed by atoms with van der Waals surface area (Å²) in [5.74, 6) is 1.48. The Hall–Kier alpha value is -2.74. The maximum absolute atomic E-state index is 13.0. The molecule has 0 radical (unpaired) electrons. The number of fused-ring (bicyclic) bond motifs is 2. The van der Waals surface area contributed by atoms with E-state index in [-0.39, 0.29) is 6.04 Å². The summed E-state index contributed by atoms with van der Waals surface area (Å²) in [6.07, 6.45) is -3.46. The van der Waals surface area contributed by atoms with Gasteiger partial charge in [0.25, 0.3) is 0 Å². The normalized spacial score (nSPS) is 16.7. The number of imidazole rings is 1. The summed E-state index contributed by atoms with van der Waals surface area (Å²) in [4.78, 5) is 6.58. The van der Waals surface area contributed by atoms with Gasteiger partial charge in [-0.15, -0.1) is 0 Å². The SMILES string of the molecule is CN(C)C1CCOc2c(NCc3nc4cc(C(F)(F)F)ccc4n3C)cccc21. The first-order valence-electron chi connectivity index (χ1n) is 9.44. The molecule has 4 rings (SSSR count). The highest BCUT2D eigenvalue weighted by molar-refractivity contribution is 5.77. The maximum Gasteiger partial charge on any atom is 0.416 e. The number of nitrogens with zero attached hydrogens (tertiary/aromatic N) is 3. The van der Waals surface area contributed by atoms with Crippen LogP contribution in [-0.2, 0) is 19.8 Å². The fraction of sp³-hybridized carbons (Fsp3) is 0.381. The molecule has 2 aromatic carbocycles. The third-order valence-corrected chi connectivity index (χ3v) is 5.40. The van der Waals surface area contributed by atoms with E-state index in [4.69, 9.17) is 4.74 Å². The number of ether oxygens (including phenoxy) is 1. The van der Waals surface area contributed by atoms with Gasteiger partial charge in [-0.25, -0.2) is 4.98 Å². The first-order chi connectivity index (χ1) is 13.8. The molecule has 154 valence electrons. The van der Waals surface area contributed by atoms with Crippen LogP contribution in [0.4, 0.5) is 18.9 Å². The lowest BCUT2D eigenvalue weighted by atomic mass is 9.99. The molecule has 5 nitrogen and oxygen atoms in total. The van der Waals surface area contributed by atoms with Crippen LogP contribution in [0.3, 0.4) is 0 Å². The average molecular weight is 404 g/mol. The number of benzene rings is 2. The highest BCUT2D eigenvalue weighted by Crippen LogP contribution is 2.40. The molecule has 29 heavy (non-hydrogen) atoms. The third kappa shape index (κ3) is 3.64. The van der Waals surface area contributed by atoms with Gasteiger partial charge < -0.3 is 19.5 Å². The molecule has 1 N–H and O–H groups in total. The van der Waals surface area contributed by atoms with Crippen molar-refractivity contribution < 1.29 is 17.9 Å². The van der Waals surface area contributed by atoms with E-state index in [0.29, 0.717) is 30.0 Å². The Labute approximate surface area is 167 Å². The molecular weight excluding hydrogens is 381 g/mol. The molecule has 0 saturated carbocycles. The molecule has 8 heteroatoms. The van der Waals surface area contributed by atoms with Gasteiger partial charge in [-0.1, -0.05) is 12.1 Å². The highest BCUT2D eigenvalue weighted by atomic mass is 19.4. The Morgan fingerprint density at radius 1 is 1.24 bits per heavy atom. The number of nitrogens with one attached hydrogen (secondary N) is 1. The van der Waals surface area contributed by atoms with Crippen molar-refractivity contribution in [2.24, 2.45) is 7.05 Å². The number of aryl methyl sites for hydroxylation is 1. The van der Waals surface area contributed by atoms with Crippen molar-refractivity contribution in [1.82, 2.24) is 14.5 Å². The van der Waals surface area contributed by atoms with Crippen LogP contribution in [0.5, 0.6) is 5.75 Å². The molecule has 3 aromatic rings. The van der Waals surface area contributed by atoms with E-state index in [1.807, 2.05) is 12.1 Å². The summed E-state index contributed by atoms with van der Waals surface area (Å²) < 4.78 is 46.7. The van der Waals surface area contributed by atoms with Crippen LogP contribution in [0.15, 0.2) is 36.4 Å². The molecule has 0 fully saturated rings. The van der Waals surface area contributed by atoms with E-state index in [1.54, 1.807) is 11.6 Å². The number of halogens is 3. The zero-order valence-electron chi connectivity index (χ0n) is 16.5. The number of para-hydroxylation sites is 1. The fourth-order valence-electron chi connectivity index (χ4n) is 3.84. The lowest BCUT2D eigenvalue weighted by molar-refractivity contribution is -0.137. The number of alkyl halides is 3. The smallest absolute Gasteiger partial charge is 0.416 e. The third-order valence-electron chi connectivity index (χ3n) is 5.40. The molecule has 0 amide bonds. The second-order valence-corrected chi connectivity index (χ2v) is 7.48. The summed E-state index contributed by atoms with van der Waals surface area (Å²) in [7, 11) is 5.90. The molecule has 2 heterocycles. The number of aromatic nitrogens is 2. The van der Waals surface area contributed by atoms with Crippen molar-refractivity contribution in [3.63, 3.8) is 0 Å². The van der Waals surface area contributed by atoms with Crippen LogP contribution in [0, 0.1) is 0 Å². The summed E-state index contributed by atoms with van der Waals surface area (Å²) in [5.41, 5.74) is 2.29. The first-order valence-corrected chi connectivity index (χ1v) is 9.44. The zero-order chi connectivity index (χ0) is 20.8. The Balaban J connectivity index is 1.61. The minimum atomic E-state index is -4.38. The summed E-state index contributed by atoms with van der Waals surface area (Å²) in [5, 5.41) is 3.35. The summed E-state index contributed by atoms with van der Waals surface area (Å²) in [6.45, 7) is 1.01.